The van der Waals surface area contributed by atoms with E-state index >= 15 is 0 Å². The number of carbonyl (C=O) groups is 1. The van der Waals surface area contributed by atoms with Crippen molar-refractivity contribution in [1.29, 1.82) is 0 Å². The van der Waals surface area contributed by atoms with E-state index in [-0.39, 0.29) is 11.9 Å². The lowest BCUT2D eigenvalue weighted by Crippen LogP contribution is -2.45. The highest BCUT2D eigenvalue weighted by atomic mass is 32.1. The molecule has 3 aromatic rings. The Balaban J connectivity index is 1.30. The third kappa shape index (κ3) is 4.49. The summed E-state index contributed by atoms with van der Waals surface area (Å²) >= 11 is 1.54. The lowest BCUT2D eigenvalue weighted by Gasteiger charge is -2.32. The number of hydrogen-bond donors (Lipinski definition) is 1. The molecule has 6 nitrogen and oxygen atoms in total. The minimum absolute atomic E-state index is 0.0834. The average molecular weight is 379 g/mol. The molecule has 1 aromatic carbocycles. The van der Waals surface area contributed by atoms with E-state index in [1.807, 2.05) is 29.6 Å². The van der Waals surface area contributed by atoms with Crippen molar-refractivity contribution >= 4 is 23.2 Å². The zero-order chi connectivity index (χ0) is 18.5. The number of nitrogens with one attached hydrogen (secondary N) is 1. The van der Waals surface area contributed by atoms with Crippen molar-refractivity contribution in [1.82, 2.24) is 20.3 Å². The highest BCUT2D eigenvalue weighted by Gasteiger charge is 2.23. The fraction of sp³-hybridized carbons (Fsp3) is 0.300. The molecule has 0 bridgehead atoms. The number of aromatic nitrogens is 3. The van der Waals surface area contributed by atoms with Gasteiger partial charge in [-0.3, -0.25) is 4.79 Å². The monoisotopic (exact) mass is 379 g/mol. The van der Waals surface area contributed by atoms with Crippen LogP contribution in [0.25, 0.3) is 0 Å². The molecule has 0 unspecified atom stereocenters. The Morgan fingerprint density at radius 3 is 2.59 bits per heavy atom. The number of benzene rings is 1. The van der Waals surface area contributed by atoms with Gasteiger partial charge in [0.1, 0.15) is 5.69 Å². The van der Waals surface area contributed by atoms with Crippen LogP contribution in [0.15, 0.2) is 54.2 Å². The fourth-order valence-electron chi connectivity index (χ4n) is 3.20. The number of rotatable bonds is 5. The minimum Gasteiger partial charge on any atom is -0.348 e. The Kier molecular flexibility index (Phi) is 5.39. The largest absolute Gasteiger partial charge is 0.348 e. The van der Waals surface area contributed by atoms with Crippen LogP contribution >= 0.6 is 11.3 Å². The maximum atomic E-state index is 12.5. The van der Waals surface area contributed by atoms with Gasteiger partial charge in [0, 0.05) is 43.3 Å². The smallest absolute Gasteiger partial charge is 0.270 e. The first kappa shape index (κ1) is 17.6. The molecule has 0 atom stereocenters. The van der Waals surface area contributed by atoms with Crippen LogP contribution < -0.4 is 10.2 Å². The van der Waals surface area contributed by atoms with E-state index in [0.717, 1.165) is 43.3 Å². The predicted octanol–water partition coefficient (Wildman–Crippen LogP) is 2.92. The molecule has 1 saturated heterocycles. The summed E-state index contributed by atoms with van der Waals surface area (Å²) < 4.78 is 0. The molecule has 2 aromatic heterocycles. The third-order valence-electron chi connectivity index (χ3n) is 4.65. The molecule has 1 aliphatic rings. The van der Waals surface area contributed by atoms with Crippen molar-refractivity contribution < 1.29 is 4.79 Å². The first-order valence-corrected chi connectivity index (χ1v) is 9.97. The molecule has 0 spiro atoms. The van der Waals surface area contributed by atoms with Crippen LogP contribution in [0.3, 0.4) is 0 Å². The van der Waals surface area contributed by atoms with Crippen LogP contribution in [0.5, 0.6) is 0 Å². The molecule has 27 heavy (non-hydrogen) atoms. The number of hydrogen-bond acceptors (Lipinski definition) is 6. The quantitative estimate of drug-likeness (QED) is 0.738. The summed E-state index contributed by atoms with van der Waals surface area (Å²) in [6.07, 6.45) is 6.03. The molecule has 1 amide bonds. The molecule has 138 valence electrons. The van der Waals surface area contributed by atoms with Crippen LogP contribution in [0, 0.1) is 0 Å². The molecule has 7 heteroatoms. The summed E-state index contributed by atoms with van der Waals surface area (Å²) in [4.78, 5) is 27.8. The molecular weight excluding hydrogens is 358 g/mol. The highest BCUT2D eigenvalue weighted by Crippen LogP contribution is 2.17. The summed E-state index contributed by atoms with van der Waals surface area (Å²) in [5.74, 6) is 0.673. The van der Waals surface area contributed by atoms with Crippen molar-refractivity contribution in [2.75, 3.05) is 18.0 Å². The van der Waals surface area contributed by atoms with Crippen molar-refractivity contribution in [3.05, 3.63) is 70.4 Å². The van der Waals surface area contributed by atoms with Crippen molar-refractivity contribution in [3.8, 4) is 0 Å². The van der Waals surface area contributed by atoms with Crippen molar-refractivity contribution in [2.24, 2.45) is 0 Å². The summed E-state index contributed by atoms with van der Waals surface area (Å²) in [5.41, 5.74) is 1.72. The predicted molar refractivity (Wildman–Crippen MR) is 106 cm³/mol. The third-order valence-corrected chi connectivity index (χ3v) is 5.50. The van der Waals surface area contributed by atoms with Gasteiger partial charge in [-0.05, 0) is 24.5 Å². The molecule has 1 N–H and O–H groups in total. The second kappa shape index (κ2) is 8.26. The van der Waals surface area contributed by atoms with Gasteiger partial charge in [0.05, 0.1) is 5.01 Å². The lowest BCUT2D eigenvalue weighted by molar-refractivity contribution is 0.0926. The molecule has 0 aliphatic carbocycles. The van der Waals surface area contributed by atoms with Gasteiger partial charge >= 0.3 is 0 Å². The summed E-state index contributed by atoms with van der Waals surface area (Å²) in [6.45, 7) is 1.68. The second-order valence-electron chi connectivity index (χ2n) is 6.57. The number of amides is 1. The Bertz CT molecular complexity index is 876. The van der Waals surface area contributed by atoms with Crippen molar-refractivity contribution in [3.63, 3.8) is 0 Å². The Labute approximate surface area is 162 Å². The molecular formula is C20H21N5OS. The molecule has 0 radical (unpaired) electrons. The van der Waals surface area contributed by atoms with Gasteiger partial charge in [-0.15, -0.1) is 11.3 Å². The topological polar surface area (TPSA) is 71.0 Å². The van der Waals surface area contributed by atoms with Crippen LogP contribution in [-0.2, 0) is 6.42 Å². The van der Waals surface area contributed by atoms with Gasteiger partial charge in [-0.25, -0.2) is 15.0 Å². The Morgan fingerprint density at radius 2 is 1.85 bits per heavy atom. The van der Waals surface area contributed by atoms with Gasteiger partial charge in [0.15, 0.2) is 0 Å². The van der Waals surface area contributed by atoms with E-state index in [2.05, 4.69) is 37.3 Å². The summed E-state index contributed by atoms with van der Waals surface area (Å²) in [5, 5.41) is 5.93. The average Bonchev–Trinajstić information content (AvgIpc) is 3.19. The molecule has 3 heterocycles. The normalized spacial score (nSPS) is 14.9. The number of anilines is 1. The van der Waals surface area contributed by atoms with E-state index in [0.29, 0.717) is 5.69 Å². The Hall–Kier alpha value is -2.80. The van der Waals surface area contributed by atoms with E-state index in [9.17, 15) is 4.79 Å². The standard InChI is InChI=1S/C20H21N5OS/c26-19(17-14-27-18(24-17)13-15-5-2-1-3-6-15)23-16-7-11-25(12-8-16)20-21-9-4-10-22-20/h1-6,9-10,14,16H,7-8,11-13H2,(H,23,26). The van der Waals surface area contributed by atoms with E-state index in [1.54, 1.807) is 12.4 Å². The fourth-order valence-corrected chi connectivity index (χ4v) is 4.01. The van der Waals surface area contributed by atoms with Gasteiger partial charge in [-0.2, -0.15) is 0 Å². The highest BCUT2D eigenvalue weighted by molar-refractivity contribution is 7.09. The number of carbonyl (C=O) groups excluding carboxylic acids is 1. The maximum absolute atomic E-state index is 12.5. The zero-order valence-electron chi connectivity index (χ0n) is 14.9. The molecule has 1 aliphatic heterocycles. The molecule has 1 fully saturated rings. The van der Waals surface area contributed by atoms with Crippen LogP contribution in [0.1, 0.15) is 33.9 Å². The van der Waals surface area contributed by atoms with Gasteiger partial charge in [-0.1, -0.05) is 30.3 Å². The summed E-state index contributed by atoms with van der Waals surface area (Å²) in [6, 6.07) is 12.2. The van der Waals surface area contributed by atoms with Crippen LogP contribution in [0.4, 0.5) is 5.95 Å². The first-order chi connectivity index (χ1) is 13.3. The van der Waals surface area contributed by atoms with E-state index in [1.165, 1.54) is 16.9 Å². The van der Waals surface area contributed by atoms with Crippen molar-refractivity contribution in [2.45, 2.75) is 25.3 Å². The van der Waals surface area contributed by atoms with E-state index < -0.39 is 0 Å². The zero-order valence-corrected chi connectivity index (χ0v) is 15.7. The van der Waals surface area contributed by atoms with E-state index in [4.69, 9.17) is 0 Å². The maximum Gasteiger partial charge on any atom is 0.270 e. The number of thiazole rings is 1. The van der Waals surface area contributed by atoms with Crippen LogP contribution in [0.2, 0.25) is 0 Å². The minimum atomic E-state index is -0.0834. The van der Waals surface area contributed by atoms with Gasteiger partial charge in [0.2, 0.25) is 5.95 Å². The van der Waals surface area contributed by atoms with Gasteiger partial charge < -0.3 is 10.2 Å². The van der Waals surface area contributed by atoms with Crippen LogP contribution in [-0.4, -0.2) is 40.0 Å². The number of piperidine rings is 1. The first-order valence-electron chi connectivity index (χ1n) is 9.09. The summed E-state index contributed by atoms with van der Waals surface area (Å²) in [7, 11) is 0. The van der Waals surface area contributed by atoms with Gasteiger partial charge in [0.25, 0.3) is 5.91 Å². The number of nitrogens with zero attached hydrogens (tertiary/aromatic N) is 4. The lowest BCUT2D eigenvalue weighted by atomic mass is 10.1. The SMILES string of the molecule is O=C(NC1CCN(c2ncccn2)CC1)c1csc(Cc2ccccc2)n1. The molecule has 0 saturated carbocycles. The Morgan fingerprint density at radius 1 is 1.11 bits per heavy atom. The molecule has 4 rings (SSSR count). The second-order valence-corrected chi connectivity index (χ2v) is 7.52.